The van der Waals surface area contributed by atoms with Gasteiger partial charge in [0.15, 0.2) is 6.79 Å². The standard InChI is InChI=1S/C13H20O3/c1-3-15-11-9-7-5-4-6-8-10-12-16-13-14-2/h8,12H,3-7,13H2,1-2H3. The first-order chi connectivity index (χ1) is 7.91. The Morgan fingerprint density at radius 3 is 2.88 bits per heavy atom. The van der Waals surface area contributed by atoms with Crippen molar-refractivity contribution in [2.75, 3.05) is 20.5 Å². The summed E-state index contributed by atoms with van der Waals surface area (Å²) < 4.78 is 14.5. The second-order valence-corrected chi connectivity index (χ2v) is 3.02. The third-order valence-corrected chi connectivity index (χ3v) is 1.64. The molecule has 0 aromatic heterocycles. The fourth-order valence-corrected chi connectivity index (χ4v) is 0.916. The Labute approximate surface area is 98.1 Å². The average molecular weight is 224 g/mol. The summed E-state index contributed by atoms with van der Waals surface area (Å²) >= 11 is 0. The lowest BCUT2D eigenvalue weighted by atomic mass is 10.2. The van der Waals surface area contributed by atoms with Gasteiger partial charge in [-0.2, -0.15) is 0 Å². The summed E-state index contributed by atoms with van der Waals surface area (Å²) in [5.41, 5.74) is 2.92. The van der Waals surface area contributed by atoms with Gasteiger partial charge in [-0.25, -0.2) is 0 Å². The predicted molar refractivity (Wildman–Crippen MR) is 63.5 cm³/mol. The van der Waals surface area contributed by atoms with Gasteiger partial charge in [0, 0.05) is 13.5 Å². The molecule has 0 fully saturated rings. The molecule has 0 radical (unpaired) electrons. The van der Waals surface area contributed by atoms with Gasteiger partial charge in [0.05, 0.1) is 6.61 Å². The van der Waals surface area contributed by atoms with Gasteiger partial charge in [-0.15, -0.1) is 0 Å². The monoisotopic (exact) mass is 224 g/mol. The van der Waals surface area contributed by atoms with Crippen molar-refractivity contribution in [3.05, 3.63) is 18.1 Å². The predicted octanol–water partition coefficient (Wildman–Crippen LogP) is 2.83. The zero-order chi connectivity index (χ0) is 11.9. The molecule has 0 rings (SSSR count). The van der Waals surface area contributed by atoms with Gasteiger partial charge < -0.3 is 14.2 Å². The van der Waals surface area contributed by atoms with Gasteiger partial charge in [0.1, 0.15) is 12.4 Å². The summed E-state index contributed by atoms with van der Waals surface area (Å²) in [5, 5.41) is 0. The summed E-state index contributed by atoms with van der Waals surface area (Å²) in [7, 11) is 1.58. The molecule has 0 saturated heterocycles. The third kappa shape index (κ3) is 12.6. The van der Waals surface area contributed by atoms with Crippen molar-refractivity contribution < 1.29 is 14.2 Å². The topological polar surface area (TPSA) is 27.7 Å². The van der Waals surface area contributed by atoms with Gasteiger partial charge in [-0.3, -0.25) is 0 Å². The fourth-order valence-electron chi connectivity index (χ4n) is 0.916. The molecule has 0 amide bonds. The summed E-state index contributed by atoms with van der Waals surface area (Å²) in [6.45, 7) is 2.85. The minimum absolute atomic E-state index is 0.272. The van der Waals surface area contributed by atoms with E-state index in [2.05, 4.69) is 17.8 Å². The van der Waals surface area contributed by atoms with Crippen LogP contribution in [-0.2, 0) is 14.2 Å². The summed E-state index contributed by atoms with van der Waals surface area (Å²) in [6.07, 6.45) is 10.2. The number of methoxy groups -OCH3 is 1. The number of unbranched alkanes of at least 4 members (excludes halogenated alkanes) is 3. The van der Waals surface area contributed by atoms with Crippen molar-refractivity contribution in [1.29, 1.82) is 0 Å². The number of ether oxygens (including phenoxy) is 3. The van der Waals surface area contributed by atoms with E-state index in [1.807, 2.05) is 13.0 Å². The van der Waals surface area contributed by atoms with Crippen LogP contribution in [-0.4, -0.2) is 20.5 Å². The number of allylic oxidation sites excluding steroid dienone is 1. The molecule has 0 saturated carbocycles. The van der Waals surface area contributed by atoms with Crippen LogP contribution in [0.1, 0.15) is 32.6 Å². The van der Waals surface area contributed by atoms with Crippen molar-refractivity contribution >= 4 is 0 Å². The second kappa shape index (κ2) is 13.6. The van der Waals surface area contributed by atoms with E-state index in [0.29, 0.717) is 6.61 Å². The summed E-state index contributed by atoms with van der Waals surface area (Å²) in [4.78, 5) is 0. The Bertz CT molecular complexity index is 254. The van der Waals surface area contributed by atoms with Crippen LogP contribution in [0.2, 0.25) is 0 Å². The Kier molecular flexibility index (Phi) is 12.5. The van der Waals surface area contributed by atoms with Gasteiger partial charge in [0.25, 0.3) is 0 Å². The maximum atomic E-state index is 4.93. The highest BCUT2D eigenvalue weighted by Crippen LogP contribution is 1.98. The van der Waals surface area contributed by atoms with Crippen LogP contribution in [0.15, 0.2) is 18.1 Å². The molecule has 90 valence electrons. The quantitative estimate of drug-likeness (QED) is 0.209. The Morgan fingerprint density at radius 1 is 1.25 bits per heavy atom. The summed E-state index contributed by atoms with van der Waals surface area (Å²) in [6, 6.07) is 0. The van der Waals surface area contributed by atoms with Gasteiger partial charge in [-0.05, 0) is 32.3 Å². The first-order valence-electron chi connectivity index (χ1n) is 5.51. The van der Waals surface area contributed by atoms with Crippen molar-refractivity contribution in [3.63, 3.8) is 0 Å². The maximum Gasteiger partial charge on any atom is 0.188 e. The van der Waals surface area contributed by atoms with E-state index < -0.39 is 0 Å². The SMILES string of the molecule is CCOC#CCCCCC=C=COCOC. The van der Waals surface area contributed by atoms with Crippen LogP contribution in [0.5, 0.6) is 0 Å². The Balaban J connectivity index is 3.27. The van der Waals surface area contributed by atoms with E-state index in [-0.39, 0.29) is 6.79 Å². The highest BCUT2D eigenvalue weighted by Gasteiger charge is 1.82. The lowest BCUT2D eigenvalue weighted by molar-refractivity contribution is 0.0201. The van der Waals surface area contributed by atoms with Crippen molar-refractivity contribution in [2.24, 2.45) is 0 Å². The molecule has 0 N–H and O–H groups in total. The first-order valence-corrected chi connectivity index (χ1v) is 5.51. The highest BCUT2D eigenvalue weighted by atomic mass is 16.7. The highest BCUT2D eigenvalue weighted by molar-refractivity contribution is 4.91. The molecule has 0 bridgehead atoms. The van der Waals surface area contributed by atoms with Crippen LogP contribution in [0.3, 0.4) is 0 Å². The van der Waals surface area contributed by atoms with E-state index in [0.717, 1.165) is 25.7 Å². The lowest BCUT2D eigenvalue weighted by Gasteiger charge is -1.93. The molecule has 3 nitrogen and oxygen atoms in total. The molecule has 0 aliphatic rings. The van der Waals surface area contributed by atoms with E-state index in [9.17, 15) is 0 Å². The normalized spacial score (nSPS) is 8.38. The molecule has 0 unspecified atom stereocenters. The molecule has 0 heterocycles. The van der Waals surface area contributed by atoms with E-state index in [4.69, 9.17) is 14.2 Å². The first kappa shape index (κ1) is 14.6. The van der Waals surface area contributed by atoms with Gasteiger partial charge in [-0.1, -0.05) is 11.7 Å². The molecule has 0 aromatic rings. The molecule has 0 aliphatic heterocycles. The smallest absolute Gasteiger partial charge is 0.188 e. The number of hydrogen-bond donors (Lipinski definition) is 0. The van der Waals surface area contributed by atoms with Gasteiger partial charge in [0.2, 0.25) is 0 Å². The average Bonchev–Trinajstić information content (AvgIpc) is 2.31. The van der Waals surface area contributed by atoms with Crippen molar-refractivity contribution in [3.8, 4) is 12.0 Å². The van der Waals surface area contributed by atoms with Crippen LogP contribution in [0, 0.1) is 12.0 Å². The van der Waals surface area contributed by atoms with Crippen LogP contribution < -0.4 is 0 Å². The summed E-state index contributed by atoms with van der Waals surface area (Å²) in [5.74, 6) is 2.95. The molecule has 0 aromatic carbocycles. The minimum Gasteiger partial charge on any atom is -0.467 e. The Hall–Kier alpha value is -1.36. The van der Waals surface area contributed by atoms with Crippen LogP contribution in [0.25, 0.3) is 0 Å². The van der Waals surface area contributed by atoms with Gasteiger partial charge >= 0.3 is 0 Å². The number of rotatable bonds is 8. The zero-order valence-electron chi connectivity index (χ0n) is 10.1. The third-order valence-electron chi connectivity index (χ3n) is 1.64. The maximum absolute atomic E-state index is 4.93. The molecule has 0 atom stereocenters. The second-order valence-electron chi connectivity index (χ2n) is 3.02. The fraction of sp³-hybridized carbons (Fsp3) is 0.615. The molecular formula is C13H20O3. The largest absolute Gasteiger partial charge is 0.467 e. The number of hydrogen-bond acceptors (Lipinski definition) is 3. The molecular weight excluding hydrogens is 204 g/mol. The van der Waals surface area contributed by atoms with Crippen molar-refractivity contribution in [2.45, 2.75) is 32.6 Å². The van der Waals surface area contributed by atoms with E-state index in [1.165, 1.54) is 6.26 Å². The molecule has 0 aliphatic carbocycles. The van der Waals surface area contributed by atoms with Crippen LogP contribution >= 0.6 is 0 Å². The lowest BCUT2D eigenvalue weighted by Crippen LogP contribution is -1.86. The molecule has 3 heteroatoms. The zero-order valence-corrected chi connectivity index (χ0v) is 10.1. The van der Waals surface area contributed by atoms with E-state index >= 15 is 0 Å². The van der Waals surface area contributed by atoms with E-state index in [1.54, 1.807) is 7.11 Å². The Morgan fingerprint density at radius 2 is 2.12 bits per heavy atom. The molecule has 16 heavy (non-hydrogen) atoms. The molecule has 0 spiro atoms. The van der Waals surface area contributed by atoms with Crippen LogP contribution in [0.4, 0.5) is 0 Å². The van der Waals surface area contributed by atoms with Crippen molar-refractivity contribution in [1.82, 2.24) is 0 Å². The minimum atomic E-state index is 0.272.